The summed E-state index contributed by atoms with van der Waals surface area (Å²) in [6.45, 7) is 5.10. The predicted octanol–water partition coefficient (Wildman–Crippen LogP) is 13.7. The summed E-state index contributed by atoms with van der Waals surface area (Å²) < 4.78 is 11.1. The number of rotatable bonds is 38. The Kier molecular flexibility index (Phi) is 40.6. The van der Waals surface area contributed by atoms with E-state index in [4.69, 9.17) is 9.47 Å². The molecule has 0 aliphatic rings. The van der Waals surface area contributed by atoms with Gasteiger partial charge >= 0.3 is 5.97 Å². The molecule has 0 aromatic rings. The molecule has 0 heterocycles. The van der Waals surface area contributed by atoms with Gasteiger partial charge in [0.15, 0.2) is 0 Å². The molecule has 4 nitrogen and oxygen atoms in total. The van der Waals surface area contributed by atoms with E-state index in [1.807, 2.05) is 0 Å². The molecule has 0 saturated heterocycles. The zero-order valence-electron chi connectivity index (χ0n) is 32.4. The highest BCUT2D eigenvalue weighted by atomic mass is 16.6. The molecule has 0 aromatic carbocycles. The number of unbranched alkanes of at least 4 members (excludes halogenated alkanes) is 20. The van der Waals surface area contributed by atoms with Gasteiger partial charge in [-0.05, 0) is 70.6 Å². The number of aliphatic hydroxyl groups excluding tert-OH is 1. The van der Waals surface area contributed by atoms with E-state index in [0.717, 1.165) is 51.4 Å². The summed E-state index contributed by atoms with van der Waals surface area (Å²) in [6, 6.07) is 0. The molecule has 49 heavy (non-hydrogen) atoms. The summed E-state index contributed by atoms with van der Waals surface area (Å²) in [5.41, 5.74) is 0. The van der Waals surface area contributed by atoms with Crippen molar-refractivity contribution in [3.05, 3.63) is 60.8 Å². The summed E-state index contributed by atoms with van der Waals surface area (Å²) >= 11 is 0. The van der Waals surface area contributed by atoms with Crippen LogP contribution in [0.4, 0.5) is 0 Å². The lowest BCUT2D eigenvalue weighted by molar-refractivity contribution is -0.154. The van der Waals surface area contributed by atoms with Gasteiger partial charge in [-0.3, -0.25) is 4.79 Å². The predicted molar refractivity (Wildman–Crippen MR) is 214 cm³/mol. The number of allylic oxidation sites excluding steroid dienone is 10. The fraction of sp³-hybridized carbons (Fsp3) is 0.756. The van der Waals surface area contributed by atoms with E-state index in [0.29, 0.717) is 13.0 Å². The first-order valence-electron chi connectivity index (χ1n) is 20.9. The SMILES string of the molecule is CC/C=C\C/C=C\C/C=C\C/C=C\CCCOCC(CO)OC(=O)CCCCCCCCCCCCC/C=C\CCCCCCCCCC. The Morgan fingerprint density at radius 2 is 0.918 bits per heavy atom. The maximum atomic E-state index is 12.2. The summed E-state index contributed by atoms with van der Waals surface area (Å²) in [6.07, 6.45) is 55.8. The minimum absolute atomic E-state index is 0.195. The van der Waals surface area contributed by atoms with Crippen molar-refractivity contribution in [2.75, 3.05) is 19.8 Å². The van der Waals surface area contributed by atoms with Crippen molar-refractivity contribution in [1.29, 1.82) is 0 Å². The van der Waals surface area contributed by atoms with E-state index >= 15 is 0 Å². The fourth-order valence-corrected chi connectivity index (χ4v) is 5.74. The van der Waals surface area contributed by atoms with Crippen LogP contribution < -0.4 is 0 Å². The molecule has 4 heteroatoms. The van der Waals surface area contributed by atoms with Gasteiger partial charge in [0.1, 0.15) is 6.10 Å². The molecule has 0 bridgehead atoms. The van der Waals surface area contributed by atoms with Crippen molar-refractivity contribution in [2.24, 2.45) is 0 Å². The van der Waals surface area contributed by atoms with Crippen LogP contribution in [0.1, 0.15) is 194 Å². The van der Waals surface area contributed by atoms with Crippen molar-refractivity contribution in [2.45, 2.75) is 200 Å². The zero-order valence-corrected chi connectivity index (χ0v) is 32.4. The average Bonchev–Trinajstić information content (AvgIpc) is 3.11. The Balaban J connectivity index is 3.47. The van der Waals surface area contributed by atoms with Crippen molar-refractivity contribution >= 4 is 5.97 Å². The summed E-state index contributed by atoms with van der Waals surface area (Å²) in [4.78, 5) is 12.2. The maximum Gasteiger partial charge on any atom is 0.306 e. The van der Waals surface area contributed by atoms with Gasteiger partial charge < -0.3 is 14.6 Å². The van der Waals surface area contributed by atoms with Gasteiger partial charge in [-0.25, -0.2) is 0 Å². The van der Waals surface area contributed by atoms with Crippen molar-refractivity contribution in [3.63, 3.8) is 0 Å². The van der Waals surface area contributed by atoms with Crippen LogP contribution in [-0.2, 0) is 14.3 Å². The van der Waals surface area contributed by atoms with Crippen molar-refractivity contribution in [3.8, 4) is 0 Å². The van der Waals surface area contributed by atoms with Gasteiger partial charge in [-0.15, -0.1) is 0 Å². The highest BCUT2D eigenvalue weighted by Crippen LogP contribution is 2.14. The molecule has 284 valence electrons. The van der Waals surface area contributed by atoms with Crippen LogP contribution in [0.3, 0.4) is 0 Å². The third kappa shape index (κ3) is 40.4. The first kappa shape index (κ1) is 47.1. The maximum absolute atomic E-state index is 12.2. The Labute approximate surface area is 305 Å². The topological polar surface area (TPSA) is 55.8 Å². The molecular formula is C45H80O4. The molecule has 0 aliphatic heterocycles. The van der Waals surface area contributed by atoms with Crippen LogP contribution in [0.15, 0.2) is 60.8 Å². The third-order valence-electron chi connectivity index (χ3n) is 8.83. The lowest BCUT2D eigenvalue weighted by Gasteiger charge is -2.15. The van der Waals surface area contributed by atoms with Crippen LogP contribution in [0, 0.1) is 0 Å². The second kappa shape index (κ2) is 42.3. The molecule has 0 radical (unpaired) electrons. The number of hydrogen-bond acceptors (Lipinski definition) is 4. The van der Waals surface area contributed by atoms with Gasteiger partial charge in [0, 0.05) is 13.0 Å². The number of aliphatic hydroxyl groups is 1. The molecule has 0 aromatic heterocycles. The third-order valence-corrected chi connectivity index (χ3v) is 8.83. The van der Waals surface area contributed by atoms with Crippen LogP contribution in [-0.4, -0.2) is 37.0 Å². The highest BCUT2D eigenvalue weighted by molar-refractivity contribution is 5.69. The fourth-order valence-electron chi connectivity index (χ4n) is 5.74. The molecule has 0 saturated carbocycles. The number of hydrogen-bond donors (Lipinski definition) is 1. The minimum Gasteiger partial charge on any atom is -0.457 e. The lowest BCUT2D eigenvalue weighted by Crippen LogP contribution is -2.27. The van der Waals surface area contributed by atoms with Crippen molar-refractivity contribution in [1.82, 2.24) is 0 Å². The lowest BCUT2D eigenvalue weighted by atomic mass is 10.0. The van der Waals surface area contributed by atoms with Crippen molar-refractivity contribution < 1.29 is 19.4 Å². The summed E-state index contributed by atoms with van der Waals surface area (Å²) in [7, 11) is 0. The molecule has 0 rings (SSSR count). The average molecular weight is 685 g/mol. The summed E-state index contributed by atoms with van der Waals surface area (Å²) in [5, 5.41) is 9.57. The summed E-state index contributed by atoms with van der Waals surface area (Å²) in [5.74, 6) is -0.221. The molecule has 0 aliphatic carbocycles. The smallest absolute Gasteiger partial charge is 0.306 e. The second-order valence-corrected chi connectivity index (χ2v) is 13.7. The van der Waals surface area contributed by atoms with E-state index in [1.165, 1.54) is 122 Å². The molecule has 0 spiro atoms. The second-order valence-electron chi connectivity index (χ2n) is 13.7. The molecule has 0 amide bonds. The quantitative estimate of drug-likeness (QED) is 0.0399. The molecule has 1 unspecified atom stereocenters. The van der Waals surface area contributed by atoms with Gasteiger partial charge in [0.2, 0.25) is 0 Å². The largest absolute Gasteiger partial charge is 0.457 e. The number of carbonyl (C=O) groups excluding carboxylic acids is 1. The van der Waals surface area contributed by atoms with E-state index in [2.05, 4.69) is 74.6 Å². The zero-order chi connectivity index (χ0) is 35.6. The van der Waals surface area contributed by atoms with Gasteiger partial charge in [0.25, 0.3) is 0 Å². The molecule has 1 atom stereocenters. The minimum atomic E-state index is -0.564. The number of esters is 1. The Hall–Kier alpha value is -1.91. The monoisotopic (exact) mass is 685 g/mol. The van der Waals surface area contributed by atoms with Gasteiger partial charge in [0.05, 0.1) is 13.2 Å². The van der Waals surface area contributed by atoms with Crippen LogP contribution in [0.5, 0.6) is 0 Å². The molecular weight excluding hydrogens is 604 g/mol. The Bertz CT molecular complexity index is 809. The van der Waals surface area contributed by atoms with E-state index in [-0.39, 0.29) is 19.2 Å². The molecule has 0 fully saturated rings. The van der Waals surface area contributed by atoms with E-state index < -0.39 is 6.10 Å². The Morgan fingerprint density at radius 3 is 1.41 bits per heavy atom. The highest BCUT2D eigenvalue weighted by Gasteiger charge is 2.13. The van der Waals surface area contributed by atoms with Crippen LogP contribution >= 0.6 is 0 Å². The van der Waals surface area contributed by atoms with E-state index in [9.17, 15) is 9.90 Å². The first-order chi connectivity index (χ1) is 24.2. The standard InChI is InChI=1S/C45H80O4/c1-3-5-7-9-11-13-15-17-19-20-21-22-23-24-25-26-27-28-30-32-34-36-38-40-45(47)49-44(42-46)43-48-41-39-37-35-33-31-29-18-16-14-12-10-8-6-4-2/h6,8,12,14,18,20-21,29,33,35,44,46H,3-5,7,9-11,13,15-17,19,22-28,30-32,34,36-43H2,1-2H3/b8-6-,14-12-,21-20-,29-18-,35-33-. The van der Waals surface area contributed by atoms with Gasteiger partial charge in [-0.1, -0.05) is 177 Å². The number of carbonyl (C=O) groups is 1. The van der Waals surface area contributed by atoms with Crippen LogP contribution in [0.25, 0.3) is 0 Å². The van der Waals surface area contributed by atoms with E-state index in [1.54, 1.807) is 0 Å². The van der Waals surface area contributed by atoms with Crippen LogP contribution in [0.2, 0.25) is 0 Å². The normalized spacial score (nSPS) is 13.0. The Morgan fingerprint density at radius 1 is 0.510 bits per heavy atom. The van der Waals surface area contributed by atoms with Gasteiger partial charge in [-0.2, -0.15) is 0 Å². The first-order valence-corrected chi connectivity index (χ1v) is 20.9. The number of ether oxygens (including phenoxy) is 2. The molecule has 1 N–H and O–H groups in total.